The zero-order valence-corrected chi connectivity index (χ0v) is 15.4. The van der Waals surface area contributed by atoms with Gasteiger partial charge < -0.3 is 4.74 Å². The van der Waals surface area contributed by atoms with Gasteiger partial charge in [0.25, 0.3) is 0 Å². The Morgan fingerprint density at radius 3 is 2.54 bits per heavy atom. The van der Waals surface area contributed by atoms with Crippen LogP contribution in [0.3, 0.4) is 0 Å². The number of rotatable bonds is 6. The number of para-hydroxylation sites is 1. The zero-order chi connectivity index (χ0) is 19.5. The van der Waals surface area contributed by atoms with E-state index in [0.29, 0.717) is 5.56 Å². The lowest BCUT2D eigenvalue weighted by atomic mass is 10.1. The summed E-state index contributed by atoms with van der Waals surface area (Å²) in [4.78, 5) is 13.7. The summed E-state index contributed by atoms with van der Waals surface area (Å²) in [5.74, 6) is -0.834. The van der Waals surface area contributed by atoms with Gasteiger partial charge in [-0.05, 0) is 38.5 Å². The highest BCUT2D eigenvalue weighted by Gasteiger charge is 2.30. The average Bonchev–Trinajstić information content (AvgIpc) is 2.87. The van der Waals surface area contributed by atoms with Gasteiger partial charge in [-0.2, -0.15) is 18.3 Å². The fraction of sp³-hybridized carbons (Fsp3) is 0.412. The fourth-order valence-electron chi connectivity index (χ4n) is 2.55. The Morgan fingerprint density at radius 2 is 2.00 bits per heavy atom. The fourth-order valence-corrected chi connectivity index (χ4v) is 2.70. The summed E-state index contributed by atoms with van der Waals surface area (Å²) in [6.45, 7) is 3.88. The number of aromatic nitrogens is 2. The van der Waals surface area contributed by atoms with Crippen LogP contribution in [0.5, 0.6) is 5.75 Å². The predicted octanol–water partition coefficient (Wildman–Crippen LogP) is 3.98. The molecule has 0 fully saturated rings. The highest BCUT2D eigenvalue weighted by molar-refractivity contribution is 6.29. The summed E-state index contributed by atoms with van der Waals surface area (Å²) >= 11 is 5.72. The summed E-state index contributed by atoms with van der Waals surface area (Å²) in [5, 5.41) is 4.30. The number of benzene rings is 1. The number of amides is 1. The number of ether oxygens (including phenoxy) is 1. The number of aryl methyl sites for hydroxylation is 3. The Kier molecular flexibility index (Phi) is 6.17. The summed E-state index contributed by atoms with van der Waals surface area (Å²) in [6.07, 6.45) is -4.49. The first kappa shape index (κ1) is 20.1. The number of halogens is 4. The Hall–Kier alpha value is -2.22. The van der Waals surface area contributed by atoms with Crippen molar-refractivity contribution in [3.8, 4) is 5.75 Å². The molecule has 26 heavy (non-hydrogen) atoms. The molecule has 0 saturated carbocycles. The molecule has 0 unspecified atom stereocenters. The number of carbonyl (C=O) groups excluding carboxylic acids is 1. The lowest BCUT2D eigenvalue weighted by Gasteiger charge is -2.26. The molecule has 0 radical (unpaired) electrons. The van der Waals surface area contributed by atoms with Crippen molar-refractivity contribution >= 4 is 23.2 Å². The molecule has 1 aromatic heterocycles. The Labute approximate surface area is 154 Å². The molecule has 9 heteroatoms. The average molecular weight is 390 g/mol. The van der Waals surface area contributed by atoms with E-state index in [-0.39, 0.29) is 24.0 Å². The van der Waals surface area contributed by atoms with Crippen LogP contribution in [0, 0.1) is 20.8 Å². The van der Waals surface area contributed by atoms with E-state index in [1.807, 2.05) is 19.9 Å². The first-order valence-electron chi connectivity index (χ1n) is 7.79. The van der Waals surface area contributed by atoms with Gasteiger partial charge in [-0.25, -0.2) is 4.68 Å². The van der Waals surface area contributed by atoms with Crippen LogP contribution in [0.25, 0.3) is 0 Å². The third-order valence-electron chi connectivity index (χ3n) is 3.66. The Balaban J connectivity index is 2.44. The monoisotopic (exact) mass is 389 g/mol. The summed E-state index contributed by atoms with van der Waals surface area (Å²) in [5.41, 5.74) is 2.40. The van der Waals surface area contributed by atoms with Crippen molar-refractivity contribution in [1.29, 1.82) is 0 Å². The predicted molar refractivity (Wildman–Crippen MR) is 92.6 cm³/mol. The molecule has 0 N–H and O–H groups in total. The number of nitrogens with zero attached hydrogens (tertiary/aromatic N) is 3. The standard InChI is InChI=1S/C17H19ClF3N3O2/c1-11-5-4-6-14(26-9-17(19,20)21)16(11)23(15(25)8-18)10-24-13(3)7-12(2)22-24/h4-7H,8-10H2,1-3H3. The van der Waals surface area contributed by atoms with Crippen LogP contribution in [0.15, 0.2) is 24.3 Å². The highest BCUT2D eigenvalue weighted by atomic mass is 35.5. The normalized spacial score (nSPS) is 11.5. The van der Waals surface area contributed by atoms with Gasteiger partial charge in [0.15, 0.2) is 6.61 Å². The SMILES string of the molecule is Cc1cc(C)n(CN(C(=O)CCl)c2c(C)cccc2OCC(F)(F)F)n1. The van der Waals surface area contributed by atoms with Crippen LogP contribution in [-0.4, -0.2) is 34.4 Å². The number of carbonyl (C=O) groups is 1. The van der Waals surface area contributed by atoms with Crippen LogP contribution < -0.4 is 9.64 Å². The van der Waals surface area contributed by atoms with E-state index in [9.17, 15) is 18.0 Å². The van der Waals surface area contributed by atoms with Gasteiger partial charge in [0, 0.05) is 5.69 Å². The molecule has 0 aliphatic carbocycles. The van der Waals surface area contributed by atoms with Crippen LogP contribution in [-0.2, 0) is 11.5 Å². The maximum Gasteiger partial charge on any atom is 0.422 e. The zero-order valence-electron chi connectivity index (χ0n) is 14.6. The van der Waals surface area contributed by atoms with Crippen molar-refractivity contribution in [2.24, 2.45) is 0 Å². The van der Waals surface area contributed by atoms with E-state index in [0.717, 1.165) is 11.4 Å². The summed E-state index contributed by atoms with van der Waals surface area (Å²) in [6, 6.07) is 6.48. The van der Waals surface area contributed by atoms with E-state index in [2.05, 4.69) is 5.10 Å². The minimum absolute atomic E-state index is 0.0124. The van der Waals surface area contributed by atoms with Gasteiger partial charge in [0.2, 0.25) is 5.91 Å². The second-order valence-electron chi connectivity index (χ2n) is 5.85. The lowest BCUT2D eigenvalue weighted by Crippen LogP contribution is -2.35. The maximum absolute atomic E-state index is 12.6. The van der Waals surface area contributed by atoms with E-state index in [1.165, 1.54) is 11.0 Å². The molecule has 2 aromatic rings. The van der Waals surface area contributed by atoms with E-state index in [1.54, 1.807) is 23.7 Å². The van der Waals surface area contributed by atoms with Gasteiger partial charge >= 0.3 is 6.18 Å². The number of hydrogen-bond donors (Lipinski definition) is 0. The highest BCUT2D eigenvalue weighted by Crippen LogP contribution is 2.34. The molecule has 0 aliphatic rings. The van der Waals surface area contributed by atoms with E-state index in [4.69, 9.17) is 16.3 Å². The molecule has 0 bridgehead atoms. The van der Waals surface area contributed by atoms with Crippen molar-refractivity contribution < 1.29 is 22.7 Å². The first-order valence-corrected chi connectivity index (χ1v) is 8.32. The summed E-state index contributed by atoms with van der Waals surface area (Å²) in [7, 11) is 0. The van der Waals surface area contributed by atoms with E-state index >= 15 is 0 Å². The molecule has 0 aliphatic heterocycles. The van der Waals surface area contributed by atoms with Crippen molar-refractivity contribution in [2.45, 2.75) is 33.6 Å². The summed E-state index contributed by atoms with van der Waals surface area (Å²) < 4.78 is 44.2. The molecular formula is C17H19ClF3N3O2. The molecule has 1 aromatic carbocycles. The number of hydrogen-bond acceptors (Lipinski definition) is 3. The number of alkyl halides is 4. The number of anilines is 1. The van der Waals surface area contributed by atoms with Crippen LogP contribution >= 0.6 is 11.6 Å². The van der Waals surface area contributed by atoms with Crippen LogP contribution in [0.2, 0.25) is 0 Å². The molecule has 0 saturated heterocycles. The van der Waals surface area contributed by atoms with Crippen molar-refractivity contribution in [2.75, 3.05) is 17.4 Å². The largest absolute Gasteiger partial charge is 0.482 e. The van der Waals surface area contributed by atoms with Gasteiger partial charge in [0.1, 0.15) is 18.3 Å². The topological polar surface area (TPSA) is 47.4 Å². The molecule has 2 rings (SSSR count). The van der Waals surface area contributed by atoms with Crippen molar-refractivity contribution in [1.82, 2.24) is 9.78 Å². The van der Waals surface area contributed by atoms with Crippen molar-refractivity contribution in [3.63, 3.8) is 0 Å². The van der Waals surface area contributed by atoms with Crippen molar-refractivity contribution in [3.05, 3.63) is 41.2 Å². The second kappa shape index (κ2) is 7.99. The quantitative estimate of drug-likeness (QED) is 0.702. The molecule has 142 valence electrons. The maximum atomic E-state index is 12.6. The molecule has 0 atom stereocenters. The van der Waals surface area contributed by atoms with Crippen LogP contribution in [0.1, 0.15) is 17.0 Å². The van der Waals surface area contributed by atoms with Gasteiger partial charge in [-0.3, -0.25) is 9.69 Å². The molecule has 1 heterocycles. The Bertz CT molecular complexity index is 790. The first-order chi connectivity index (χ1) is 12.1. The third kappa shape index (κ3) is 4.91. The van der Waals surface area contributed by atoms with Gasteiger partial charge in [-0.1, -0.05) is 12.1 Å². The molecule has 0 spiro atoms. The lowest BCUT2D eigenvalue weighted by molar-refractivity contribution is -0.153. The molecular weight excluding hydrogens is 371 g/mol. The molecule has 1 amide bonds. The third-order valence-corrected chi connectivity index (χ3v) is 3.88. The van der Waals surface area contributed by atoms with E-state index < -0.39 is 18.7 Å². The van der Waals surface area contributed by atoms with Gasteiger partial charge in [-0.15, -0.1) is 11.6 Å². The van der Waals surface area contributed by atoms with Gasteiger partial charge in [0.05, 0.1) is 11.4 Å². The Morgan fingerprint density at radius 1 is 1.31 bits per heavy atom. The smallest absolute Gasteiger partial charge is 0.422 e. The van der Waals surface area contributed by atoms with Crippen LogP contribution in [0.4, 0.5) is 18.9 Å². The second-order valence-corrected chi connectivity index (χ2v) is 6.12. The minimum Gasteiger partial charge on any atom is -0.482 e. The molecule has 5 nitrogen and oxygen atoms in total. The minimum atomic E-state index is -4.49.